The predicted octanol–water partition coefficient (Wildman–Crippen LogP) is 1.71. The Bertz CT molecular complexity index is 546. The number of tetrazole rings is 1. The third-order valence-electron chi connectivity index (χ3n) is 2.81. The van der Waals surface area contributed by atoms with Gasteiger partial charge in [0.2, 0.25) is 0 Å². The Morgan fingerprint density at radius 3 is 3.00 bits per heavy atom. The van der Waals surface area contributed by atoms with Gasteiger partial charge in [-0.2, -0.15) is 4.68 Å². The predicted molar refractivity (Wildman–Crippen MR) is 64.0 cm³/mol. The van der Waals surface area contributed by atoms with Crippen LogP contribution in [-0.2, 0) is 6.54 Å². The zero-order valence-corrected chi connectivity index (χ0v) is 10.2. The molecular formula is C11H11ClFN5. The van der Waals surface area contributed by atoms with E-state index in [0.29, 0.717) is 18.4 Å². The minimum Gasteiger partial charge on any atom is -0.307 e. The molecule has 18 heavy (non-hydrogen) atoms. The van der Waals surface area contributed by atoms with Crippen molar-refractivity contribution in [3.05, 3.63) is 34.9 Å². The molecule has 5 nitrogen and oxygen atoms in total. The Kier molecular flexibility index (Phi) is 2.97. The van der Waals surface area contributed by atoms with E-state index in [9.17, 15) is 4.39 Å². The molecule has 1 heterocycles. The molecule has 0 bridgehead atoms. The normalized spacial score (nSPS) is 15.0. The summed E-state index contributed by atoms with van der Waals surface area (Å²) in [5, 5.41) is 14.8. The van der Waals surface area contributed by atoms with Crippen LogP contribution in [0.15, 0.2) is 18.2 Å². The van der Waals surface area contributed by atoms with Gasteiger partial charge in [0.05, 0.1) is 11.6 Å². The van der Waals surface area contributed by atoms with E-state index in [4.69, 9.17) is 11.6 Å². The molecule has 1 aromatic heterocycles. The second-order valence-corrected chi connectivity index (χ2v) is 4.64. The van der Waals surface area contributed by atoms with Gasteiger partial charge in [-0.1, -0.05) is 17.7 Å². The molecule has 0 spiro atoms. The summed E-state index contributed by atoms with van der Waals surface area (Å²) in [6, 6.07) is 5.03. The van der Waals surface area contributed by atoms with Gasteiger partial charge >= 0.3 is 0 Å². The summed E-state index contributed by atoms with van der Waals surface area (Å²) in [4.78, 5) is 0. The number of nitrogens with one attached hydrogen (secondary N) is 1. The largest absolute Gasteiger partial charge is 0.307 e. The van der Waals surface area contributed by atoms with Crippen LogP contribution in [0.3, 0.4) is 0 Å². The first-order valence-electron chi connectivity index (χ1n) is 5.71. The van der Waals surface area contributed by atoms with Crippen molar-refractivity contribution in [1.29, 1.82) is 0 Å². The molecular weight excluding hydrogens is 257 g/mol. The molecule has 0 saturated heterocycles. The second-order valence-electron chi connectivity index (χ2n) is 4.23. The summed E-state index contributed by atoms with van der Waals surface area (Å²) in [6.45, 7) is 0.502. The maximum Gasteiger partial charge on any atom is 0.170 e. The van der Waals surface area contributed by atoms with Crippen LogP contribution >= 0.6 is 11.6 Å². The van der Waals surface area contributed by atoms with E-state index >= 15 is 0 Å². The highest BCUT2D eigenvalue weighted by atomic mass is 35.5. The van der Waals surface area contributed by atoms with Crippen LogP contribution in [0.1, 0.15) is 18.7 Å². The molecule has 1 aliphatic rings. The van der Waals surface area contributed by atoms with E-state index < -0.39 is 5.82 Å². The van der Waals surface area contributed by atoms with Crippen molar-refractivity contribution in [3.63, 3.8) is 0 Å². The van der Waals surface area contributed by atoms with Gasteiger partial charge in [-0.05, 0) is 35.4 Å². The highest BCUT2D eigenvalue weighted by Crippen LogP contribution is 2.24. The van der Waals surface area contributed by atoms with Crippen molar-refractivity contribution in [2.45, 2.75) is 25.4 Å². The van der Waals surface area contributed by atoms with Gasteiger partial charge in [0, 0.05) is 6.04 Å². The molecule has 7 heteroatoms. The van der Waals surface area contributed by atoms with Crippen LogP contribution in [0.25, 0.3) is 5.69 Å². The Hall–Kier alpha value is -1.53. The standard InChI is InChI=1S/C11H11ClFN5/c12-8-2-1-3-9(13)11(8)18-10(15-16-17-18)6-14-7-4-5-7/h1-3,7,14H,4-6H2. The third kappa shape index (κ3) is 2.21. The van der Waals surface area contributed by atoms with Gasteiger partial charge in [-0.15, -0.1) is 5.10 Å². The molecule has 1 aromatic carbocycles. The van der Waals surface area contributed by atoms with Gasteiger partial charge in [-0.25, -0.2) is 4.39 Å². The second kappa shape index (κ2) is 4.62. The fraction of sp³-hybridized carbons (Fsp3) is 0.364. The Morgan fingerprint density at radius 1 is 1.44 bits per heavy atom. The van der Waals surface area contributed by atoms with Gasteiger partial charge in [0.1, 0.15) is 5.69 Å². The summed E-state index contributed by atoms with van der Waals surface area (Å²) in [5.41, 5.74) is 0.191. The first-order valence-corrected chi connectivity index (χ1v) is 6.08. The monoisotopic (exact) mass is 267 g/mol. The highest BCUT2D eigenvalue weighted by Gasteiger charge is 2.22. The average molecular weight is 268 g/mol. The first kappa shape index (κ1) is 11.6. The molecule has 0 radical (unpaired) electrons. The molecule has 3 rings (SSSR count). The molecule has 1 N–H and O–H groups in total. The lowest BCUT2D eigenvalue weighted by atomic mass is 10.3. The van der Waals surface area contributed by atoms with Crippen LogP contribution in [0.2, 0.25) is 5.02 Å². The fourth-order valence-corrected chi connectivity index (χ4v) is 1.95. The average Bonchev–Trinajstić information content (AvgIpc) is 3.06. The number of hydrogen-bond acceptors (Lipinski definition) is 4. The van der Waals surface area contributed by atoms with E-state index in [-0.39, 0.29) is 10.7 Å². The Labute approximate surface area is 108 Å². The molecule has 0 amide bonds. The van der Waals surface area contributed by atoms with E-state index in [1.807, 2.05) is 0 Å². The molecule has 2 aromatic rings. The maximum atomic E-state index is 13.8. The minimum atomic E-state index is -0.442. The molecule has 0 aliphatic heterocycles. The van der Waals surface area contributed by atoms with E-state index in [1.54, 1.807) is 12.1 Å². The van der Waals surface area contributed by atoms with Crippen molar-refractivity contribution in [1.82, 2.24) is 25.5 Å². The lowest BCUT2D eigenvalue weighted by Crippen LogP contribution is -2.19. The molecule has 0 unspecified atom stereocenters. The van der Waals surface area contributed by atoms with Crippen molar-refractivity contribution >= 4 is 11.6 Å². The number of halogens is 2. The smallest absolute Gasteiger partial charge is 0.170 e. The van der Waals surface area contributed by atoms with Crippen molar-refractivity contribution in [2.75, 3.05) is 0 Å². The zero-order valence-electron chi connectivity index (χ0n) is 9.48. The number of nitrogens with zero attached hydrogens (tertiary/aromatic N) is 4. The SMILES string of the molecule is Fc1cccc(Cl)c1-n1nnnc1CNC1CC1. The van der Waals surface area contributed by atoms with Gasteiger partial charge in [-0.3, -0.25) is 0 Å². The topological polar surface area (TPSA) is 55.6 Å². The Balaban J connectivity index is 1.93. The summed E-state index contributed by atoms with van der Waals surface area (Å²) >= 11 is 5.99. The fourth-order valence-electron chi connectivity index (χ4n) is 1.70. The summed E-state index contributed by atoms with van der Waals surface area (Å²) in [6.07, 6.45) is 2.34. The quantitative estimate of drug-likeness (QED) is 0.916. The van der Waals surface area contributed by atoms with Crippen molar-refractivity contribution in [3.8, 4) is 5.69 Å². The van der Waals surface area contributed by atoms with Crippen LogP contribution in [-0.4, -0.2) is 26.2 Å². The van der Waals surface area contributed by atoms with Crippen LogP contribution in [0, 0.1) is 5.82 Å². The molecule has 0 atom stereocenters. The third-order valence-corrected chi connectivity index (χ3v) is 3.11. The van der Waals surface area contributed by atoms with Crippen LogP contribution < -0.4 is 5.32 Å². The maximum absolute atomic E-state index is 13.8. The summed E-state index contributed by atoms with van der Waals surface area (Å²) in [5.74, 6) is 0.108. The van der Waals surface area contributed by atoms with Crippen LogP contribution in [0.4, 0.5) is 4.39 Å². The summed E-state index contributed by atoms with van der Waals surface area (Å²) in [7, 11) is 0. The highest BCUT2D eigenvalue weighted by molar-refractivity contribution is 6.32. The molecule has 94 valence electrons. The molecule has 1 saturated carbocycles. The van der Waals surface area contributed by atoms with Crippen molar-refractivity contribution < 1.29 is 4.39 Å². The lowest BCUT2D eigenvalue weighted by molar-refractivity contribution is 0.591. The van der Waals surface area contributed by atoms with Crippen LogP contribution in [0.5, 0.6) is 0 Å². The van der Waals surface area contributed by atoms with E-state index in [1.165, 1.54) is 23.6 Å². The number of benzene rings is 1. The number of aromatic nitrogens is 4. The zero-order chi connectivity index (χ0) is 12.5. The van der Waals surface area contributed by atoms with E-state index in [0.717, 1.165) is 0 Å². The molecule has 1 fully saturated rings. The van der Waals surface area contributed by atoms with Gasteiger partial charge in [0.25, 0.3) is 0 Å². The lowest BCUT2D eigenvalue weighted by Gasteiger charge is -2.07. The van der Waals surface area contributed by atoms with Gasteiger partial charge < -0.3 is 5.32 Å². The number of rotatable bonds is 4. The van der Waals surface area contributed by atoms with Gasteiger partial charge in [0.15, 0.2) is 11.6 Å². The summed E-state index contributed by atoms with van der Waals surface area (Å²) < 4.78 is 15.1. The minimum absolute atomic E-state index is 0.191. The number of para-hydroxylation sites is 1. The molecule has 1 aliphatic carbocycles. The van der Waals surface area contributed by atoms with E-state index in [2.05, 4.69) is 20.8 Å². The van der Waals surface area contributed by atoms with Crippen molar-refractivity contribution in [2.24, 2.45) is 0 Å². The first-order chi connectivity index (χ1) is 8.75. The Morgan fingerprint density at radius 2 is 2.28 bits per heavy atom. The number of hydrogen-bond donors (Lipinski definition) is 1.